The highest BCUT2D eigenvalue weighted by Gasteiger charge is 2.72. The van der Waals surface area contributed by atoms with Crippen molar-refractivity contribution in [3.05, 3.63) is 11.1 Å². The molecule has 2 aliphatic rings. The average molecular weight is 238 g/mol. The van der Waals surface area contributed by atoms with Crippen LogP contribution in [0.25, 0.3) is 0 Å². The number of hydrogen-bond acceptors (Lipinski definition) is 2. The van der Waals surface area contributed by atoms with Crippen molar-refractivity contribution in [3.63, 3.8) is 0 Å². The van der Waals surface area contributed by atoms with Crippen LogP contribution in [-0.4, -0.2) is 23.4 Å². The first-order valence-electron chi connectivity index (χ1n) is 6.61. The van der Waals surface area contributed by atoms with Crippen molar-refractivity contribution >= 4 is 0 Å². The summed E-state index contributed by atoms with van der Waals surface area (Å²) in [4.78, 5) is 0. The van der Waals surface area contributed by atoms with Crippen molar-refractivity contribution in [2.75, 3.05) is 13.2 Å². The van der Waals surface area contributed by atoms with E-state index in [1.165, 1.54) is 11.1 Å². The molecule has 0 heterocycles. The summed E-state index contributed by atoms with van der Waals surface area (Å²) in [5, 5.41) is 19.5. The summed E-state index contributed by atoms with van der Waals surface area (Å²) in [6.45, 7) is 13.9. The molecule has 1 fully saturated rings. The van der Waals surface area contributed by atoms with E-state index in [0.29, 0.717) is 0 Å². The molecule has 4 atom stereocenters. The lowest BCUT2D eigenvalue weighted by Gasteiger charge is -2.42. The van der Waals surface area contributed by atoms with Crippen molar-refractivity contribution in [3.8, 4) is 0 Å². The lowest BCUT2D eigenvalue weighted by atomic mass is 9.61. The number of allylic oxidation sites excluding steroid dienone is 2. The highest BCUT2D eigenvalue weighted by molar-refractivity contribution is 5.44. The van der Waals surface area contributed by atoms with Crippen molar-refractivity contribution in [2.45, 2.75) is 41.5 Å². The summed E-state index contributed by atoms with van der Waals surface area (Å²) >= 11 is 0. The Balaban J connectivity index is 2.72. The second-order valence-electron chi connectivity index (χ2n) is 6.86. The Bertz CT molecular complexity index is 348. The predicted octanol–water partition coefficient (Wildman–Crippen LogP) is 2.61. The molecule has 0 aromatic carbocycles. The van der Waals surface area contributed by atoms with Gasteiger partial charge >= 0.3 is 0 Å². The van der Waals surface area contributed by atoms with Crippen molar-refractivity contribution in [2.24, 2.45) is 28.1 Å². The number of hydrogen-bond donors (Lipinski definition) is 2. The van der Waals surface area contributed by atoms with Gasteiger partial charge < -0.3 is 10.2 Å². The Kier molecular flexibility index (Phi) is 2.59. The lowest BCUT2D eigenvalue weighted by Crippen LogP contribution is -2.37. The number of rotatable bonds is 2. The molecule has 0 amide bonds. The van der Waals surface area contributed by atoms with E-state index in [1.807, 2.05) is 0 Å². The van der Waals surface area contributed by atoms with Gasteiger partial charge in [0.1, 0.15) is 0 Å². The molecule has 2 N–H and O–H groups in total. The van der Waals surface area contributed by atoms with Gasteiger partial charge in [-0.1, -0.05) is 38.8 Å². The third-order valence-electron chi connectivity index (χ3n) is 7.08. The Labute approximate surface area is 105 Å². The molecule has 98 valence electrons. The molecule has 2 rings (SSSR count). The van der Waals surface area contributed by atoms with Crippen LogP contribution in [0.1, 0.15) is 41.5 Å². The van der Waals surface area contributed by atoms with Crippen LogP contribution < -0.4 is 0 Å². The van der Waals surface area contributed by atoms with E-state index in [4.69, 9.17) is 0 Å². The van der Waals surface area contributed by atoms with E-state index < -0.39 is 0 Å². The summed E-state index contributed by atoms with van der Waals surface area (Å²) in [5.74, 6) is 0.354. The number of fused-ring (bicyclic) bond motifs is 2. The Hall–Kier alpha value is -0.340. The first kappa shape index (κ1) is 13.1. The van der Waals surface area contributed by atoms with E-state index in [9.17, 15) is 10.2 Å². The van der Waals surface area contributed by atoms with Crippen molar-refractivity contribution in [1.29, 1.82) is 0 Å². The van der Waals surface area contributed by atoms with E-state index in [1.54, 1.807) is 0 Å². The molecule has 2 heteroatoms. The van der Waals surface area contributed by atoms with Gasteiger partial charge in [0.05, 0.1) is 0 Å². The third-order valence-corrected chi connectivity index (χ3v) is 7.08. The van der Waals surface area contributed by atoms with E-state index in [2.05, 4.69) is 41.5 Å². The lowest BCUT2D eigenvalue weighted by molar-refractivity contribution is 0.0607. The summed E-state index contributed by atoms with van der Waals surface area (Å²) in [6.07, 6.45) is 0. The molecule has 0 saturated heterocycles. The number of aliphatic hydroxyl groups is 2. The van der Waals surface area contributed by atoms with Gasteiger partial charge in [0.2, 0.25) is 0 Å². The highest BCUT2D eigenvalue weighted by Crippen LogP contribution is 2.77. The molecule has 0 aromatic rings. The number of aliphatic hydroxyl groups excluding tert-OH is 2. The van der Waals surface area contributed by atoms with Crippen molar-refractivity contribution in [1.82, 2.24) is 0 Å². The van der Waals surface area contributed by atoms with Crippen LogP contribution in [0.4, 0.5) is 0 Å². The van der Waals surface area contributed by atoms with Crippen molar-refractivity contribution < 1.29 is 10.2 Å². The largest absolute Gasteiger partial charge is 0.396 e. The van der Waals surface area contributed by atoms with Crippen LogP contribution >= 0.6 is 0 Å². The molecule has 0 spiro atoms. The molecule has 4 unspecified atom stereocenters. The molecule has 0 radical (unpaired) electrons. The SMILES string of the molecule is CC1=C(C)C2(C)C(CO)C(CO)C1(C)C2(C)C. The predicted molar refractivity (Wildman–Crippen MR) is 69.5 cm³/mol. The minimum absolute atomic E-state index is 0.00792. The average Bonchev–Trinajstić information content (AvgIpc) is 2.48. The van der Waals surface area contributed by atoms with E-state index >= 15 is 0 Å². The minimum atomic E-state index is 0.00792. The van der Waals surface area contributed by atoms with Gasteiger partial charge in [-0.15, -0.1) is 0 Å². The monoisotopic (exact) mass is 238 g/mol. The fourth-order valence-corrected chi connectivity index (χ4v) is 5.16. The molecule has 2 aliphatic carbocycles. The summed E-state index contributed by atoms with van der Waals surface area (Å²) in [7, 11) is 0. The van der Waals surface area contributed by atoms with Gasteiger partial charge in [0, 0.05) is 13.2 Å². The zero-order valence-electron chi connectivity index (χ0n) is 12.0. The Morgan fingerprint density at radius 2 is 1.12 bits per heavy atom. The normalized spacial score (nSPS) is 48.0. The molecule has 1 saturated carbocycles. The van der Waals surface area contributed by atoms with E-state index in [-0.39, 0.29) is 41.3 Å². The quantitative estimate of drug-likeness (QED) is 0.726. The first-order chi connectivity index (χ1) is 7.71. The van der Waals surface area contributed by atoms with E-state index in [0.717, 1.165) is 0 Å². The van der Waals surface area contributed by atoms with Crippen LogP contribution in [0.2, 0.25) is 0 Å². The fraction of sp³-hybridized carbons (Fsp3) is 0.867. The standard InChI is InChI=1S/C15H26O2/c1-9-10(2)15(6)12(8-17)11(7-16)14(9,5)13(15,3)4/h11-12,16-17H,7-8H2,1-6H3. The van der Waals surface area contributed by atoms with Gasteiger partial charge in [-0.3, -0.25) is 0 Å². The molecule has 0 aliphatic heterocycles. The maximum Gasteiger partial charge on any atom is 0.0471 e. The molecule has 0 aromatic heterocycles. The molecule has 17 heavy (non-hydrogen) atoms. The van der Waals surface area contributed by atoms with Gasteiger partial charge in [-0.25, -0.2) is 0 Å². The zero-order valence-corrected chi connectivity index (χ0v) is 12.0. The topological polar surface area (TPSA) is 40.5 Å². The van der Waals surface area contributed by atoms with Gasteiger partial charge in [-0.2, -0.15) is 0 Å². The summed E-state index contributed by atoms with van der Waals surface area (Å²) in [6, 6.07) is 0. The highest BCUT2D eigenvalue weighted by atomic mass is 16.3. The second-order valence-corrected chi connectivity index (χ2v) is 6.86. The molecular weight excluding hydrogens is 212 g/mol. The maximum atomic E-state index is 9.77. The Morgan fingerprint density at radius 3 is 1.35 bits per heavy atom. The Morgan fingerprint density at radius 1 is 0.824 bits per heavy atom. The second kappa shape index (κ2) is 3.36. The van der Waals surface area contributed by atoms with Gasteiger partial charge in [-0.05, 0) is 41.9 Å². The third kappa shape index (κ3) is 1.01. The maximum absolute atomic E-state index is 9.77. The molecule has 2 nitrogen and oxygen atoms in total. The first-order valence-corrected chi connectivity index (χ1v) is 6.61. The fourth-order valence-electron chi connectivity index (χ4n) is 5.16. The van der Waals surface area contributed by atoms with Gasteiger partial charge in [0.15, 0.2) is 0 Å². The van der Waals surface area contributed by atoms with Crippen LogP contribution in [0.15, 0.2) is 11.1 Å². The summed E-state index contributed by atoms with van der Waals surface area (Å²) < 4.78 is 0. The molecule has 2 bridgehead atoms. The minimum Gasteiger partial charge on any atom is -0.396 e. The summed E-state index contributed by atoms with van der Waals surface area (Å²) in [5.41, 5.74) is 2.96. The molecular formula is C15H26O2. The van der Waals surface area contributed by atoms with Crippen LogP contribution in [0.5, 0.6) is 0 Å². The van der Waals surface area contributed by atoms with Crippen LogP contribution in [0.3, 0.4) is 0 Å². The zero-order chi connectivity index (χ0) is 13.2. The van der Waals surface area contributed by atoms with Crippen LogP contribution in [-0.2, 0) is 0 Å². The smallest absolute Gasteiger partial charge is 0.0471 e. The van der Waals surface area contributed by atoms with Crippen LogP contribution in [0, 0.1) is 28.1 Å². The van der Waals surface area contributed by atoms with Gasteiger partial charge in [0.25, 0.3) is 0 Å².